The molecule has 0 aliphatic carbocycles. The van der Waals surface area contributed by atoms with Crippen LogP contribution in [0.2, 0.25) is 5.02 Å². The molecule has 28 heavy (non-hydrogen) atoms. The maximum Gasteiger partial charge on any atom is 0.417 e. The lowest BCUT2D eigenvalue weighted by Crippen LogP contribution is -2.40. The molecule has 0 spiro atoms. The van der Waals surface area contributed by atoms with E-state index in [0.717, 1.165) is 16.8 Å². The summed E-state index contributed by atoms with van der Waals surface area (Å²) in [4.78, 5) is 29.8. The number of hydrogen-bond donors (Lipinski definition) is 0. The molecule has 0 bridgehead atoms. The van der Waals surface area contributed by atoms with Crippen LogP contribution in [0, 0.1) is 5.92 Å². The highest BCUT2D eigenvalue weighted by atomic mass is 35.5. The van der Waals surface area contributed by atoms with Crippen molar-refractivity contribution in [3.05, 3.63) is 45.5 Å². The van der Waals surface area contributed by atoms with Gasteiger partial charge in [0.15, 0.2) is 5.82 Å². The fraction of sp³-hybridized carbons (Fsp3) is 0.412. The van der Waals surface area contributed by atoms with Gasteiger partial charge in [-0.1, -0.05) is 11.6 Å². The van der Waals surface area contributed by atoms with Gasteiger partial charge in [0.2, 0.25) is 0 Å². The van der Waals surface area contributed by atoms with Crippen LogP contribution in [0.25, 0.3) is 5.82 Å². The van der Waals surface area contributed by atoms with E-state index >= 15 is 0 Å². The van der Waals surface area contributed by atoms with Crippen LogP contribution < -0.4 is 10.5 Å². The lowest BCUT2D eigenvalue weighted by molar-refractivity contribution is -0.145. The van der Waals surface area contributed by atoms with Gasteiger partial charge in [0.05, 0.1) is 30.5 Å². The van der Waals surface area contributed by atoms with Crippen molar-refractivity contribution in [3.63, 3.8) is 0 Å². The van der Waals surface area contributed by atoms with E-state index in [-0.39, 0.29) is 22.7 Å². The fourth-order valence-corrected chi connectivity index (χ4v) is 3.29. The molecule has 1 atom stereocenters. The number of halogens is 4. The van der Waals surface area contributed by atoms with Gasteiger partial charge in [-0.3, -0.25) is 9.59 Å². The molecule has 0 radical (unpaired) electrons. The van der Waals surface area contributed by atoms with E-state index in [4.69, 9.17) is 16.3 Å². The maximum absolute atomic E-state index is 12.7. The number of pyridine rings is 1. The van der Waals surface area contributed by atoms with Crippen molar-refractivity contribution in [3.8, 4) is 5.82 Å². The second-order valence-corrected chi connectivity index (χ2v) is 6.65. The number of aromatic nitrogens is 3. The zero-order valence-electron chi connectivity index (χ0n) is 14.7. The summed E-state index contributed by atoms with van der Waals surface area (Å²) in [5.74, 6) is -0.762. The summed E-state index contributed by atoms with van der Waals surface area (Å²) in [7, 11) is 1.31. The number of hydrogen-bond acceptors (Lipinski definition) is 6. The monoisotopic (exact) mass is 416 g/mol. The highest BCUT2D eigenvalue weighted by molar-refractivity contribution is 6.33. The van der Waals surface area contributed by atoms with Crippen LogP contribution in [0.15, 0.2) is 29.3 Å². The minimum atomic E-state index is -4.53. The van der Waals surface area contributed by atoms with E-state index < -0.39 is 17.3 Å². The molecule has 1 aliphatic heterocycles. The maximum atomic E-state index is 12.7. The lowest BCUT2D eigenvalue weighted by Gasteiger charge is -2.33. The third kappa shape index (κ3) is 3.96. The Kier molecular flexibility index (Phi) is 5.59. The minimum absolute atomic E-state index is 0.0856. The number of carbonyl (C=O) groups excluding carboxylic acids is 1. The number of anilines is 1. The van der Waals surface area contributed by atoms with Crippen molar-refractivity contribution in [2.75, 3.05) is 25.1 Å². The van der Waals surface area contributed by atoms with Crippen LogP contribution in [-0.4, -0.2) is 40.9 Å². The average Bonchev–Trinajstić information content (AvgIpc) is 2.69. The fourth-order valence-electron chi connectivity index (χ4n) is 3.04. The summed E-state index contributed by atoms with van der Waals surface area (Å²) >= 11 is 6.21. The Morgan fingerprint density at radius 1 is 1.32 bits per heavy atom. The minimum Gasteiger partial charge on any atom is -0.469 e. The smallest absolute Gasteiger partial charge is 0.417 e. The molecule has 0 N–H and O–H groups in total. The number of methoxy groups -OCH3 is 1. The third-order valence-corrected chi connectivity index (χ3v) is 4.84. The number of ether oxygens (including phenoxy) is 1. The van der Waals surface area contributed by atoms with E-state index in [9.17, 15) is 22.8 Å². The zero-order valence-corrected chi connectivity index (χ0v) is 15.5. The van der Waals surface area contributed by atoms with Gasteiger partial charge in [0, 0.05) is 19.3 Å². The molecule has 3 rings (SSSR count). The second-order valence-electron chi connectivity index (χ2n) is 6.27. The van der Waals surface area contributed by atoms with Crippen molar-refractivity contribution in [2.45, 2.75) is 19.0 Å². The highest BCUT2D eigenvalue weighted by Gasteiger charge is 2.31. The molecular formula is C17H16ClF3N4O3. The SMILES string of the molecule is COC(=O)[C@H]1CCCN(c2cnn(-c3ccc(C(F)(F)F)cn3)c(=O)c2Cl)C1. The van der Waals surface area contributed by atoms with Gasteiger partial charge in [-0.2, -0.15) is 23.0 Å². The molecule has 0 saturated carbocycles. The van der Waals surface area contributed by atoms with Gasteiger partial charge >= 0.3 is 12.1 Å². The first kappa shape index (κ1) is 20.1. The van der Waals surface area contributed by atoms with Crippen LogP contribution >= 0.6 is 11.6 Å². The van der Waals surface area contributed by atoms with Crippen molar-refractivity contribution >= 4 is 23.3 Å². The Hall–Kier alpha value is -2.62. The molecule has 2 aromatic rings. The normalized spacial score (nSPS) is 17.5. The van der Waals surface area contributed by atoms with Gasteiger partial charge in [-0.15, -0.1) is 0 Å². The highest BCUT2D eigenvalue weighted by Crippen LogP contribution is 2.29. The van der Waals surface area contributed by atoms with E-state index in [0.29, 0.717) is 37.8 Å². The summed E-state index contributed by atoms with van der Waals surface area (Å²) in [6.45, 7) is 0.910. The van der Waals surface area contributed by atoms with E-state index in [1.54, 1.807) is 4.90 Å². The van der Waals surface area contributed by atoms with E-state index in [1.807, 2.05) is 0 Å². The van der Waals surface area contributed by atoms with Crippen LogP contribution in [0.4, 0.5) is 18.9 Å². The molecule has 1 fully saturated rings. The van der Waals surface area contributed by atoms with Crippen molar-refractivity contribution in [2.24, 2.45) is 5.92 Å². The molecule has 0 aromatic carbocycles. The lowest BCUT2D eigenvalue weighted by atomic mass is 9.98. The van der Waals surface area contributed by atoms with Crippen LogP contribution in [0.5, 0.6) is 0 Å². The van der Waals surface area contributed by atoms with Gasteiger partial charge in [-0.05, 0) is 25.0 Å². The van der Waals surface area contributed by atoms with Gasteiger partial charge in [0.25, 0.3) is 5.56 Å². The van der Waals surface area contributed by atoms with Crippen molar-refractivity contribution in [1.82, 2.24) is 14.8 Å². The summed E-state index contributed by atoms with van der Waals surface area (Å²) in [5.41, 5.74) is -1.30. The summed E-state index contributed by atoms with van der Waals surface area (Å²) in [6.07, 6.45) is -1.20. The first-order valence-corrected chi connectivity index (χ1v) is 8.74. The largest absolute Gasteiger partial charge is 0.469 e. The molecule has 0 amide bonds. The van der Waals surface area contributed by atoms with Crippen LogP contribution in [0.1, 0.15) is 18.4 Å². The average molecular weight is 417 g/mol. The number of rotatable bonds is 3. The Morgan fingerprint density at radius 3 is 2.68 bits per heavy atom. The number of esters is 1. The van der Waals surface area contributed by atoms with Crippen molar-refractivity contribution < 1.29 is 22.7 Å². The second kappa shape index (κ2) is 7.78. The topological polar surface area (TPSA) is 77.3 Å². The predicted octanol–water partition coefficient (Wildman–Crippen LogP) is 2.69. The summed E-state index contributed by atoms with van der Waals surface area (Å²) < 4.78 is 43.6. The van der Waals surface area contributed by atoms with Crippen LogP contribution in [0.3, 0.4) is 0 Å². The van der Waals surface area contributed by atoms with E-state index in [1.165, 1.54) is 13.3 Å². The number of alkyl halides is 3. The first-order chi connectivity index (χ1) is 13.2. The molecule has 1 aliphatic rings. The molecule has 1 saturated heterocycles. The number of piperidine rings is 1. The van der Waals surface area contributed by atoms with E-state index in [2.05, 4.69) is 10.1 Å². The molecule has 150 valence electrons. The first-order valence-electron chi connectivity index (χ1n) is 8.36. The molecule has 11 heteroatoms. The summed E-state index contributed by atoms with van der Waals surface area (Å²) in [6, 6.07) is 1.85. The zero-order chi connectivity index (χ0) is 20.5. The third-order valence-electron chi connectivity index (χ3n) is 4.49. The number of carbonyl (C=O) groups is 1. The van der Waals surface area contributed by atoms with Crippen molar-refractivity contribution in [1.29, 1.82) is 0 Å². The predicted molar refractivity (Wildman–Crippen MR) is 94.6 cm³/mol. The number of nitrogens with zero attached hydrogens (tertiary/aromatic N) is 4. The quantitative estimate of drug-likeness (QED) is 0.716. The molecule has 7 nitrogen and oxygen atoms in total. The Labute approximate surface area is 162 Å². The summed E-state index contributed by atoms with van der Waals surface area (Å²) in [5, 5.41) is 3.83. The standard InChI is InChI=1S/C17H16ClF3N4O3/c1-28-16(27)10-3-2-6-24(9-10)12-8-23-25(15(26)14(12)18)13-5-4-11(7-22-13)17(19,20)21/h4-5,7-8,10H,2-3,6,9H2,1H3/t10-/m0/s1. The Bertz CT molecular complexity index is 931. The van der Waals surface area contributed by atoms with Crippen LogP contribution in [-0.2, 0) is 15.7 Å². The Morgan fingerprint density at radius 2 is 2.07 bits per heavy atom. The molecular weight excluding hydrogens is 401 g/mol. The van der Waals surface area contributed by atoms with Gasteiger partial charge in [0.1, 0.15) is 5.02 Å². The molecule has 2 aromatic heterocycles. The van der Waals surface area contributed by atoms with Gasteiger partial charge < -0.3 is 9.64 Å². The van der Waals surface area contributed by atoms with Gasteiger partial charge in [-0.25, -0.2) is 4.98 Å². The molecule has 0 unspecified atom stereocenters. The molecule has 3 heterocycles. The Balaban J connectivity index is 1.89.